The fourth-order valence-electron chi connectivity index (χ4n) is 2.66. The number of H-pyrrole nitrogens is 1. The summed E-state index contributed by atoms with van der Waals surface area (Å²) in [7, 11) is 0. The summed E-state index contributed by atoms with van der Waals surface area (Å²) in [6.07, 6.45) is 0.934. The molecule has 128 valence electrons. The van der Waals surface area contributed by atoms with Crippen molar-refractivity contribution < 1.29 is 9.18 Å². The van der Waals surface area contributed by atoms with Crippen LogP contribution in [0.5, 0.6) is 0 Å². The molecule has 0 saturated heterocycles. The molecule has 1 amide bonds. The quantitative estimate of drug-likeness (QED) is 0.750. The minimum absolute atomic E-state index is 0.0678. The number of hydrogen-bond donors (Lipinski definition) is 2. The molecule has 3 rings (SSSR count). The number of rotatable bonds is 5. The second-order valence-electron chi connectivity index (χ2n) is 6.11. The van der Waals surface area contributed by atoms with Crippen LogP contribution in [0, 0.1) is 12.7 Å². The van der Waals surface area contributed by atoms with Crippen LogP contribution in [-0.4, -0.2) is 10.9 Å². The standard InChI is InChI=1S/C20H19FN2O2/c1-13-10-16-6-2-14(11-18(16)23-20(13)25)5-9-19(24)22-12-15-3-7-17(21)8-4-15/h2-4,6-8,10-11H,5,9,12H2,1H3,(H,22,24)(H,23,25). The van der Waals surface area contributed by atoms with Crippen molar-refractivity contribution >= 4 is 16.8 Å². The second-order valence-corrected chi connectivity index (χ2v) is 6.11. The number of nitrogens with one attached hydrogen (secondary N) is 2. The molecule has 0 aliphatic rings. The van der Waals surface area contributed by atoms with E-state index in [4.69, 9.17) is 0 Å². The van der Waals surface area contributed by atoms with Gasteiger partial charge in [0, 0.05) is 24.0 Å². The van der Waals surface area contributed by atoms with Gasteiger partial charge >= 0.3 is 0 Å². The van der Waals surface area contributed by atoms with E-state index in [2.05, 4.69) is 10.3 Å². The van der Waals surface area contributed by atoms with Crippen molar-refractivity contribution in [1.29, 1.82) is 0 Å². The molecule has 0 fully saturated rings. The Labute approximate surface area is 144 Å². The van der Waals surface area contributed by atoms with Gasteiger partial charge in [-0.1, -0.05) is 24.3 Å². The number of benzene rings is 2. The summed E-state index contributed by atoms with van der Waals surface area (Å²) in [5.74, 6) is -0.360. The lowest BCUT2D eigenvalue weighted by molar-refractivity contribution is -0.121. The predicted octanol–water partition coefficient (Wildman–Crippen LogP) is 3.22. The Hall–Kier alpha value is -2.95. The molecule has 0 bridgehead atoms. The number of aryl methyl sites for hydroxylation is 2. The van der Waals surface area contributed by atoms with Crippen LogP contribution in [0.15, 0.2) is 53.3 Å². The first-order valence-electron chi connectivity index (χ1n) is 8.15. The molecular weight excluding hydrogens is 319 g/mol. The molecule has 0 saturated carbocycles. The van der Waals surface area contributed by atoms with Crippen LogP contribution in [0.3, 0.4) is 0 Å². The maximum Gasteiger partial charge on any atom is 0.251 e. The molecule has 1 heterocycles. The van der Waals surface area contributed by atoms with Gasteiger partial charge in [0.15, 0.2) is 0 Å². The predicted molar refractivity (Wildman–Crippen MR) is 95.9 cm³/mol. The number of carbonyl (C=O) groups excluding carboxylic acids is 1. The lowest BCUT2D eigenvalue weighted by atomic mass is 10.1. The number of carbonyl (C=O) groups is 1. The van der Waals surface area contributed by atoms with E-state index in [0.29, 0.717) is 24.9 Å². The van der Waals surface area contributed by atoms with Crippen LogP contribution >= 0.6 is 0 Å². The summed E-state index contributed by atoms with van der Waals surface area (Å²) in [4.78, 5) is 26.5. The Balaban J connectivity index is 1.58. The second kappa shape index (κ2) is 7.30. The maximum atomic E-state index is 12.8. The monoisotopic (exact) mass is 338 g/mol. The molecule has 1 aromatic heterocycles. The first kappa shape index (κ1) is 16.9. The number of aromatic nitrogens is 1. The first-order valence-corrected chi connectivity index (χ1v) is 8.15. The molecule has 0 spiro atoms. The van der Waals surface area contributed by atoms with Gasteiger partial charge in [-0.3, -0.25) is 9.59 Å². The van der Waals surface area contributed by atoms with Gasteiger partial charge in [0.1, 0.15) is 5.82 Å². The van der Waals surface area contributed by atoms with E-state index in [1.54, 1.807) is 19.1 Å². The van der Waals surface area contributed by atoms with E-state index >= 15 is 0 Å². The van der Waals surface area contributed by atoms with Gasteiger partial charge in [-0.05, 0) is 54.1 Å². The van der Waals surface area contributed by atoms with Crippen LogP contribution in [0.1, 0.15) is 23.1 Å². The van der Waals surface area contributed by atoms with E-state index in [0.717, 1.165) is 22.0 Å². The lowest BCUT2D eigenvalue weighted by Gasteiger charge is -2.07. The number of fused-ring (bicyclic) bond motifs is 1. The topological polar surface area (TPSA) is 62.0 Å². The molecule has 2 aromatic carbocycles. The van der Waals surface area contributed by atoms with Crippen LogP contribution in [0.25, 0.3) is 10.9 Å². The van der Waals surface area contributed by atoms with Crippen molar-refractivity contribution in [2.75, 3.05) is 0 Å². The van der Waals surface area contributed by atoms with E-state index in [1.807, 2.05) is 24.3 Å². The summed E-state index contributed by atoms with van der Waals surface area (Å²) in [6, 6.07) is 13.7. The Bertz CT molecular complexity index is 962. The van der Waals surface area contributed by atoms with Crippen molar-refractivity contribution in [3.8, 4) is 0 Å². The molecule has 2 N–H and O–H groups in total. The van der Waals surface area contributed by atoms with Gasteiger partial charge < -0.3 is 10.3 Å². The summed E-state index contributed by atoms with van der Waals surface area (Å²) < 4.78 is 12.8. The average molecular weight is 338 g/mol. The van der Waals surface area contributed by atoms with E-state index in [1.165, 1.54) is 12.1 Å². The van der Waals surface area contributed by atoms with Crippen LogP contribution in [0.2, 0.25) is 0 Å². The third kappa shape index (κ3) is 4.32. The van der Waals surface area contributed by atoms with Crippen molar-refractivity contribution in [3.05, 3.63) is 81.4 Å². The molecule has 0 aliphatic heterocycles. The molecule has 5 heteroatoms. The van der Waals surface area contributed by atoms with Crippen LogP contribution in [0.4, 0.5) is 4.39 Å². The van der Waals surface area contributed by atoms with Gasteiger partial charge in [-0.2, -0.15) is 0 Å². The summed E-state index contributed by atoms with van der Waals surface area (Å²) in [5, 5.41) is 3.80. The van der Waals surface area contributed by atoms with E-state index in [-0.39, 0.29) is 17.3 Å². The smallest absolute Gasteiger partial charge is 0.251 e. The van der Waals surface area contributed by atoms with E-state index in [9.17, 15) is 14.0 Å². The van der Waals surface area contributed by atoms with Gasteiger partial charge in [0.05, 0.1) is 0 Å². The van der Waals surface area contributed by atoms with E-state index < -0.39 is 0 Å². The SMILES string of the molecule is Cc1cc2ccc(CCC(=O)NCc3ccc(F)cc3)cc2[nH]c1=O. The molecule has 0 aliphatic carbocycles. The number of aromatic amines is 1. The normalized spacial score (nSPS) is 10.8. The minimum Gasteiger partial charge on any atom is -0.352 e. The van der Waals surface area contributed by atoms with Crippen LogP contribution in [-0.2, 0) is 17.8 Å². The zero-order valence-electron chi connectivity index (χ0n) is 13.9. The summed E-state index contributed by atoms with van der Waals surface area (Å²) in [5.41, 5.74) is 3.21. The molecule has 0 radical (unpaired) electrons. The van der Waals surface area contributed by atoms with Gasteiger partial charge in [-0.25, -0.2) is 4.39 Å². The molecule has 25 heavy (non-hydrogen) atoms. The third-order valence-corrected chi connectivity index (χ3v) is 4.14. The highest BCUT2D eigenvalue weighted by atomic mass is 19.1. The number of amides is 1. The highest BCUT2D eigenvalue weighted by Crippen LogP contribution is 2.14. The summed E-state index contributed by atoms with van der Waals surface area (Å²) in [6.45, 7) is 2.15. The molecule has 4 nitrogen and oxygen atoms in total. The van der Waals surface area contributed by atoms with Crippen molar-refractivity contribution in [1.82, 2.24) is 10.3 Å². The average Bonchev–Trinajstić information content (AvgIpc) is 2.60. The van der Waals surface area contributed by atoms with Crippen molar-refractivity contribution in [2.45, 2.75) is 26.3 Å². The first-order chi connectivity index (χ1) is 12.0. The largest absolute Gasteiger partial charge is 0.352 e. The summed E-state index contributed by atoms with van der Waals surface area (Å²) >= 11 is 0. The Kier molecular flexibility index (Phi) is 4.93. The van der Waals surface area contributed by atoms with Crippen molar-refractivity contribution in [3.63, 3.8) is 0 Å². The maximum absolute atomic E-state index is 12.8. The Morgan fingerprint density at radius 1 is 1.08 bits per heavy atom. The minimum atomic E-state index is -0.292. The molecular formula is C20H19FN2O2. The fraction of sp³-hybridized carbons (Fsp3) is 0.200. The Morgan fingerprint density at radius 3 is 2.56 bits per heavy atom. The zero-order chi connectivity index (χ0) is 17.8. The molecule has 0 atom stereocenters. The number of pyridine rings is 1. The van der Waals surface area contributed by atoms with Crippen LogP contribution < -0.4 is 10.9 Å². The zero-order valence-corrected chi connectivity index (χ0v) is 13.9. The third-order valence-electron chi connectivity index (χ3n) is 4.14. The molecule has 3 aromatic rings. The van der Waals surface area contributed by atoms with Gasteiger partial charge in [-0.15, -0.1) is 0 Å². The molecule has 0 unspecified atom stereocenters. The highest BCUT2D eigenvalue weighted by molar-refractivity contribution is 5.80. The fourth-order valence-corrected chi connectivity index (χ4v) is 2.66. The highest BCUT2D eigenvalue weighted by Gasteiger charge is 2.05. The number of halogens is 1. The Morgan fingerprint density at radius 2 is 1.80 bits per heavy atom. The van der Waals surface area contributed by atoms with Gasteiger partial charge in [0.2, 0.25) is 5.91 Å². The van der Waals surface area contributed by atoms with Crippen molar-refractivity contribution in [2.24, 2.45) is 0 Å². The van der Waals surface area contributed by atoms with Gasteiger partial charge in [0.25, 0.3) is 5.56 Å². The number of hydrogen-bond acceptors (Lipinski definition) is 2. The lowest BCUT2D eigenvalue weighted by Crippen LogP contribution is -2.23.